The zero-order chi connectivity index (χ0) is 21.0. The van der Waals surface area contributed by atoms with Gasteiger partial charge in [0.15, 0.2) is 5.65 Å². The zero-order valence-electron chi connectivity index (χ0n) is 16.4. The molecule has 1 aromatic carbocycles. The molecule has 0 saturated heterocycles. The highest BCUT2D eigenvalue weighted by atomic mass is 16.6. The van der Waals surface area contributed by atoms with E-state index < -0.39 is 10.8 Å². The van der Waals surface area contributed by atoms with Crippen LogP contribution in [0, 0.1) is 10.1 Å². The number of nitrogens with one attached hydrogen (secondary N) is 2. The molecule has 0 fully saturated rings. The van der Waals surface area contributed by atoms with Gasteiger partial charge in [-0.3, -0.25) is 14.9 Å². The fourth-order valence-corrected chi connectivity index (χ4v) is 2.85. The minimum absolute atomic E-state index is 0.164. The van der Waals surface area contributed by atoms with E-state index in [2.05, 4.69) is 20.7 Å². The number of methoxy groups -OCH3 is 1. The SMILES string of the molecule is COCCNc1ccc(C(=O)Nc2cnc3c(cnn3C(C)C)c2)cc1[N+](=O)[O-]. The van der Waals surface area contributed by atoms with Gasteiger partial charge in [0.2, 0.25) is 0 Å². The standard InChI is InChI=1S/C19H22N6O4/c1-12(2)24-18-14(10-22-24)8-15(11-21-18)23-19(26)13-4-5-16(20-6-7-29-3)17(9-13)25(27)28/h4-5,8-12,20H,6-7H2,1-3H3,(H,23,26). The van der Waals surface area contributed by atoms with Gasteiger partial charge in [-0.1, -0.05) is 0 Å². The normalized spacial score (nSPS) is 11.0. The lowest BCUT2D eigenvalue weighted by atomic mass is 10.1. The number of benzene rings is 1. The number of nitro groups is 1. The summed E-state index contributed by atoms with van der Waals surface area (Å²) in [7, 11) is 1.55. The van der Waals surface area contributed by atoms with Crippen molar-refractivity contribution in [2.45, 2.75) is 19.9 Å². The highest BCUT2D eigenvalue weighted by molar-refractivity contribution is 6.05. The van der Waals surface area contributed by atoms with E-state index in [1.54, 1.807) is 24.1 Å². The largest absolute Gasteiger partial charge is 0.383 e. The maximum atomic E-state index is 12.6. The Morgan fingerprint density at radius 3 is 2.79 bits per heavy atom. The van der Waals surface area contributed by atoms with Crippen LogP contribution in [0.3, 0.4) is 0 Å². The van der Waals surface area contributed by atoms with Crippen LogP contribution in [0.2, 0.25) is 0 Å². The molecule has 2 N–H and O–H groups in total. The first-order valence-electron chi connectivity index (χ1n) is 9.06. The molecule has 3 rings (SSSR count). The Labute approximate surface area is 167 Å². The molecular formula is C19H22N6O4. The molecule has 0 saturated carbocycles. The summed E-state index contributed by atoms with van der Waals surface area (Å²) in [5, 5.41) is 22.1. The second-order valence-corrected chi connectivity index (χ2v) is 6.68. The van der Waals surface area contributed by atoms with Crippen LogP contribution in [0.5, 0.6) is 0 Å². The highest BCUT2D eigenvalue weighted by Gasteiger charge is 2.18. The van der Waals surface area contributed by atoms with Crippen molar-refractivity contribution in [3.63, 3.8) is 0 Å². The van der Waals surface area contributed by atoms with E-state index in [-0.39, 0.29) is 17.3 Å². The first-order chi connectivity index (χ1) is 13.9. The average Bonchev–Trinajstić information content (AvgIpc) is 3.11. The summed E-state index contributed by atoms with van der Waals surface area (Å²) < 4.78 is 6.72. The third-order valence-corrected chi connectivity index (χ3v) is 4.26. The fourth-order valence-electron chi connectivity index (χ4n) is 2.85. The summed E-state index contributed by atoms with van der Waals surface area (Å²) in [6.07, 6.45) is 3.22. The van der Waals surface area contributed by atoms with Gasteiger partial charge in [0.1, 0.15) is 5.69 Å². The fraction of sp³-hybridized carbons (Fsp3) is 0.316. The van der Waals surface area contributed by atoms with Crippen LogP contribution < -0.4 is 10.6 Å². The minimum atomic E-state index is -0.528. The number of hydrogen-bond donors (Lipinski definition) is 2. The first-order valence-corrected chi connectivity index (χ1v) is 9.06. The monoisotopic (exact) mass is 398 g/mol. The number of ether oxygens (including phenoxy) is 1. The molecule has 10 heteroatoms. The molecule has 29 heavy (non-hydrogen) atoms. The van der Waals surface area contributed by atoms with Crippen LogP contribution in [0.1, 0.15) is 30.2 Å². The number of carbonyl (C=O) groups excluding carboxylic acids is 1. The van der Waals surface area contributed by atoms with Crippen LogP contribution >= 0.6 is 0 Å². The number of carbonyl (C=O) groups is 1. The number of aromatic nitrogens is 3. The van der Waals surface area contributed by atoms with Crippen molar-refractivity contribution in [3.05, 3.63) is 52.3 Å². The summed E-state index contributed by atoms with van der Waals surface area (Å²) in [6.45, 7) is 4.83. The molecule has 2 aromatic heterocycles. The highest BCUT2D eigenvalue weighted by Crippen LogP contribution is 2.26. The van der Waals surface area contributed by atoms with Crippen molar-refractivity contribution >= 4 is 34.0 Å². The Hall–Kier alpha value is -3.53. The quantitative estimate of drug-likeness (QED) is 0.339. The lowest BCUT2D eigenvalue weighted by Crippen LogP contribution is -2.14. The number of hydrogen-bond acceptors (Lipinski definition) is 7. The molecule has 0 aliphatic carbocycles. The van der Waals surface area contributed by atoms with Gasteiger partial charge in [0.05, 0.1) is 29.6 Å². The van der Waals surface area contributed by atoms with E-state index in [1.807, 2.05) is 13.8 Å². The van der Waals surface area contributed by atoms with Crippen LogP contribution in [0.15, 0.2) is 36.7 Å². The molecule has 0 unspecified atom stereocenters. The molecule has 1 amide bonds. The van der Waals surface area contributed by atoms with Crippen LogP contribution in [0.4, 0.5) is 17.1 Å². The van der Waals surface area contributed by atoms with Crippen LogP contribution in [-0.2, 0) is 4.74 Å². The van der Waals surface area contributed by atoms with Gasteiger partial charge >= 0.3 is 0 Å². The lowest BCUT2D eigenvalue weighted by Gasteiger charge is -2.09. The number of nitrogens with zero attached hydrogens (tertiary/aromatic N) is 4. The maximum absolute atomic E-state index is 12.6. The number of amides is 1. The van der Waals surface area contributed by atoms with Gasteiger partial charge in [0, 0.05) is 36.7 Å². The molecule has 0 bridgehead atoms. The van der Waals surface area contributed by atoms with Gasteiger partial charge < -0.3 is 15.4 Å². The van der Waals surface area contributed by atoms with Crippen molar-refractivity contribution in [2.75, 3.05) is 30.9 Å². The third-order valence-electron chi connectivity index (χ3n) is 4.26. The van der Waals surface area contributed by atoms with Crippen molar-refractivity contribution in [2.24, 2.45) is 0 Å². The average molecular weight is 398 g/mol. The minimum Gasteiger partial charge on any atom is -0.383 e. The summed E-state index contributed by atoms with van der Waals surface area (Å²) in [4.78, 5) is 27.8. The first kappa shape index (κ1) is 20.2. The van der Waals surface area contributed by atoms with E-state index in [0.717, 1.165) is 11.0 Å². The zero-order valence-corrected chi connectivity index (χ0v) is 16.4. The van der Waals surface area contributed by atoms with Crippen molar-refractivity contribution < 1.29 is 14.5 Å². The molecule has 152 valence electrons. The number of anilines is 2. The molecule has 3 aromatic rings. The van der Waals surface area contributed by atoms with Gasteiger partial charge in [-0.25, -0.2) is 9.67 Å². The van der Waals surface area contributed by atoms with Crippen molar-refractivity contribution in [1.29, 1.82) is 0 Å². The summed E-state index contributed by atoms with van der Waals surface area (Å²) in [5.41, 5.74) is 1.52. The number of rotatable bonds is 8. The van der Waals surface area contributed by atoms with E-state index in [4.69, 9.17) is 4.74 Å². The Kier molecular flexibility index (Phi) is 6.03. The molecule has 0 aliphatic rings. The van der Waals surface area contributed by atoms with Crippen molar-refractivity contribution in [3.8, 4) is 0 Å². The van der Waals surface area contributed by atoms with Crippen LogP contribution in [0.25, 0.3) is 11.0 Å². The predicted octanol–water partition coefficient (Wildman–Crippen LogP) is 3.23. The molecule has 0 spiro atoms. The Morgan fingerprint density at radius 2 is 2.10 bits per heavy atom. The van der Waals surface area contributed by atoms with E-state index in [1.165, 1.54) is 24.4 Å². The molecule has 0 aliphatic heterocycles. The van der Waals surface area contributed by atoms with Crippen LogP contribution in [-0.4, -0.2) is 45.9 Å². The van der Waals surface area contributed by atoms with Crippen molar-refractivity contribution in [1.82, 2.24) is 14.8 Å². The summed E-state index contributed by atoms with van der Waals surface area (Å²) >= 11 is 0. The molecule has 0 radical (unpaired) electrons. The van der Waals surface area contributed by atoms with Gasteiger partial charge in [-0.15, -0.1) is 0 Å². The Morgan fingerprint density at radius 1 is 1.31 bits per heavy atom. The van der Waals surface area contributed by atoms with E-state index >= 15 is 0 Å². The smallest absolute Gasteiger partial charge is 0.293 e. The van der Waals surface area contributed by atoms with E-state index in [0.29, 0.717) is 24.5 Å². The topological polar surface area (TPSA) is 124 Å². The number of fused-ring (bicyclic) bond motifs is 1. The molecule has 2 heterocycles. The molecular weight excluding hydrogens is 376 g/mol. The lowest BCUT2D eigenvalue weighted by molar-refractivity contribution is -0.384. The molecule has 10 nitrogen and oxygen atoms in total. The summed E-state index contributed by atoms with van der Waals surface area (Å²) in [5.74, 6) is -0.464. The summed E-state index contributed by atoms with van der Waals surface area (Å²) in [6, 6.07) is 6.21. The predicted molar refractivity (Wildman–Crippen MR) is 109 cm³/mol. The van der Waals surface area contributed by atoms with Gasteiger partial charge in [-0.05, 0) is 32.0 Å². The maximum Gasteiger partial charge on any atom is 0.293 e. The Bertz CT molecular complexity index is 1050. The van der Waals surface area contributed by atoms with E-state index in [9.17, 15) is 14.9 Å². The number of nitro benzene ring substituents is 1. The van der Waals surface area contributed by atoms with Gasteiger partial charge in [0.25, 0.3) is 11.6 Å². The molecule has 0 atom stereocenters. The second-order valence-electron chi connectivity index (χ2n) is 6.68. The number of pyridine rings is 1. The third kappa shape index (κ3) is 4.49. The van der Waals surface area contributed by atoms with Gasteiger partial charge in [-0.2, -0.15) is 5.10 Å². The Balaban J connectivity index is 1.80. The second kappa shape index (κ2) is 8.65.